The van der Waals surface area contributed by atoms with E-state index in [0.717, 1.165) is 0 Å². The van der Waals surface area contributed by atoms with Gasteiger partial charge < -0.3 is 10.2 Å². The van der Waals surface area contributed by atoms with E-state index in [0.29, 0.717) is 6.42 Å². The normalized spacial score (nSPS) is 13.2. The minimum absolute atomic E-state index is 0.0810. The summed E-state index contributed by atoms with van der Waals surface area (Å²) in [7, 11) is -4.67. The van der Waals surface area contributed by atoms with Crippen molar-refractivity contribution < 1.29 is 27.7 Å². The molecule has 1 unspecified atom stereocenters. The average molecular weight is 188 g/mol. The maximum absolute atomic E-state index is 8.74. The van der Waals surface area contributed by atoms with Crippen LogP contribution in [0.15, 0.2) is 0 Å². The molecular weight excluding hydrogens is 176 g/mol. The summed E-state index contributed by atoms with van der Waals surface area (Å²) in [5.41, 5.74) is 0. The van der Waals surface area contributed by atoms with Crippen LogP contribution in [-0.4, -0.2) is 40.4 Å². The Kier molecular flexibility index (Phi) is 7.91. The summed E-state index contributed by atoms with van der Waals surface area (Å²) in [5.74, 6) is 0. The lowest BCUT2D eigenvalue weighted by Gasteiger charge is -1.95. The van der Waals surface area contributed by atoms with Gasteiger partial charge in [0, 0.05) is 6.61 Å². The molecule has 0 aliphatic rings. The zero-order chi connectivity index (χ0) is 9.49. The first-order valence-electron chi connectivity index (χ1n) is 2.76. The molecule has 0 aromatic heterocycles. The Labute approximate surface area is 65.1 Å². The quantitative estimate of drug-likeness (QED) is 0.417. The summed E-state index contributed by atoms with van der Waals surface area (Å²) in [6.07, 6.45) is 0.134. The zero-order valence-electron chi connectivity index (χ0n) is 6.01. The molecular formula is C4H12O6S. The molecule has 7 heteroatoms. The van der Waals surface area contributed by atoms with Crippen LogP contribution in [0.3, 0.4) is 0 Å². The second-order valence-corrected chi connectivity index (χ2v) is 2.70. The maximum atomic E-state index is 8.74. The van der Waals surface area contributed by atoms with Crippen molar-refractivity contribution in [2.45, 2.75) is 19.4 Å². The highest BCUT2D eigenvalue weighted by Crippen LogP contribution is 1.83. The van der Waals surface area contributed by atoms with Crippen molar-refractivity contribution >= 4 is 10.4 Å². The van der Waals surface area contributed by atoms with Gasteiger partial charge in [-0.3, -0.25) is 9.11 Å². The molecule has 4 N–H and O–H groups in total. The lowest BCUT2D eigenvalue weighted by atomic mass is 10.3. The summed E-state index contributed by atoms with van der Waals surface area (Å²) < 4.78 is 31.6. The minimum Gasteiger partial charge on any atom is -0.396 e. The Hall–Kier alpha value is -0.210. The predicted molar refractivity (Wildman–Crippen MR) is 37.6 cm³/mol. The van der Waals surface area contributed by atoms with Gasteiger partial charge in [-0.25, -0.2) is 0 Å². The highest BCUT2D eigenvalue weighted by atomic mass is 32.3. The molecule has 11 heavy (non-hydrogen) atoms. The van der Waals surface area contributed by atoms with E-state index in [4.69, 9.17) is 27.7 Å². The van der Waals surface area contributed by atoms with Crippen LogP contribution in [0.4, 0.5) is 0 Å². The minimum atomic E-state index is -4.67. The number of aliphatic hydroxyl groups excluding tert-OH is 2. The largest absolute Gasteiger partial charge is 0.396 e. The Balaban J connectivity index is 0. The molecule has 1 atom stereocenters. The fourth-order valence-corrected chi connectivity index (χ4v) is 0.187. The first-order chi connectivity index (χ1) is 4.77. The van der Waals surface area contributed by atoms with Crippen molar-refractivity contribution in [3.63, 3.8) is 0 Å². The van der Waals surface area contributed by atoms with Crippen molar-refractivity contribution in [2.75, 3.05) is 6.61 Å². The number of hydrogen-bond donors (Lipinski definition) is 4. The fraction of sp³-hybridized carbons (Fsp3) is 1.00. The summed E-state index contributed by atoms with van der Waals surface area (Å²) in [5, 5.41) is 16.5. The van der Waals surface area contributed by atoms with Gasteiger partial charge in [0.2, 0.25) is 0 Å². The molecule has 0 aromatic rings. The molecule has 0 aliphatic carbocycles. The second kappa shape index (κ2) is 6.50. The standard InChI is InChI=1S/C4H10O2.H2O4S/c1-4(6)2-3-5;1-5(2,3)4/h4-6H,2-3H2,1H3;(H2,1,2,3,4). The van der Waals surface area contributed by atoms with Crippen LogP contribution in [0, 0.1) is 0 Å². The van der Waals surface area contributed by atoms with Crippen molar-refractivity contribution in [1.82, 2.24) is 0 Å². The summed E-state index contributed by atoms with van der Waals surface area (Å²) in [4.78, 5) is 0. The smallest absolute Gasteiger partial charge is 0.394 e. The van der Waals surface area contributed by atoms with Gasteiger partial charge in [0.05, 0.1) is 6.10 Å². The van der Waals surface area contributed by atoms with Crippen LogP contribution in [0.1, 0.15) is 13.3 Å². The molecule has 0 saturated heterocycles. The van der Waals surface area contributed by atoms with Crippen molar-refractivity contribution in [3.05, 3.63) is 0 Å². The Morgan fingerprint density at radius 3 is 1.64 bits per heavy atom. The molecule has 0 rings (SSSR count). The van der Waals surface area contributed by atoms with E-state index < -0.39 is 10.4 Å². The first kappa shape index (κ1) is 13.4. The van der Waals surface area contributed by atoms with Gasteiger partial charge in [-0.2, -0.15) is 8.42 Å². The van der Waals surface area contributed by atoms with Crippen LogP contribution >= 0.6 is 0 Å². The van der Waals surface area contributed by atoms with Gasteiger partial charge in [0.25, 0.3) is 0 Å². The molecule has 0 spiro atoms. The van der Waals surface area contributed by atoms with Crippen LogP contribution in [0.25, 0.3) is 0 Å². The topological polar surface area (TPSA) is 115 Å². The Bertz CT molecular complexity index is 151. The van der Waals surface area contributed by atoms with Crippen molar-refractivity contribution in [3.8, 4) is 0 Å². The van der Waals surface area contributed by atoms with Crippen LogP contribution < -0.4 is 0 Å². The predicted octanol–water partition coefficient (Wildman–Crippen LogP) is -0.903. The monoisotopic (exact) mass is 188 g/mol. The second-order valence-electron chi connectivity index (χ2n) is 1.81. The number of rotatable bonds is 2. The van der Waals surface area contributed by atoms with E-state index in [9.17, 15) is 0 Å². The summed E-state index contributed by atoms with van der Waals surface area (Å²) in [6.45, 7) is 1.73. The molecule has 6 nitrogen and oxygen atoms in total. The molecule has 0 heterocycles. The van der Waals surface area contributed by atoms with Crippen LogP contribution in [-0.2, 0) is 10.4 Å². The van der Waals surface area contributed by atoms with Crippen molar-refractivity contribution in [2.24, 2.45) is 0 Å². The SMILES string of the molecule is CC(O)CCO.O=S(=O)(O)O. The van der Waals surface area contributed by atoms with Crippen LogP contribution in [0.2, 0.25) is 0 Å². The van der Waals surface area contributed by atoms with Crippen LogP contribution in [0.5, 0.6) is 0 Å². The summed E-state index contributed by atoms with van der Waals surface area (Å²) in [6, 6.07) is 0. The van der Waals surface area contributed by atoms with E-state index >= 15 is 0 Å². The molecule has 0 fully saturated rings. The molecule has 70 valence electrons. The lowest BCUT2D eigenvalue weighted by molar-refractivity contribution is 0.148. The van der Waals surface area contributed by atoms with E-state index in [-0.39, 0.29) is 12.7 Å². The molecule has 0 radical (unpaired) electrons. The van der Waals surface area contributed by atoms with Gasteiger partial charge in [-0.15, -0.1) is 0 Å². The zero-order valence-corrected chi connectivity index (χ0v) is 6.82. The fourth-order valence-electron chi connectivity index (χ4n) is 0.187. The third-order valence-electron chi connectivity index (χ3n) is 0.547. The molecule has 0 aromatic carbocycles. The number of hydrogen-bond acceptors (Lipinski definition) is 4. The Morgan fingerprint density at radius 2 is 1.64 bits per heavy atom. The number of aliphatic hydroxyl groups is 2. The van der Waals surface area contributed by atoms with Gasteiger partial charge in [-0.05, 0) is 13.3 Å². The molecule has 0 aliphatic heterocycles. The Morgan fingerprint density at radius 1 is 1.36 bits per heavy atom. The third-order valence-corrected chi connectivity index (χ3v) is 0.547. The lowest BCUT2D eigenvalue weighted by Crippen LogP contribution is -2.00. The highest BCUT2D eigenvalue weighted by Gasteiger charge is 1.88. The molecule has 0 saturated carbocycles. The van der Waals surface area contributed by atoms with Crippen molar-refractivity contribution in [1.29, 1.82) is 0 Å². The van der Waals surface area contributed by atoms with Gasteiger partial charge in [0.1, 0.15) is 0 Å². The van der Waals surface area contributed by atoms with Gasteiger partial charge in [0.15, 0.2) is 0 Å². The third kappa shape index (κ3) is 76.3. The molecule has 0 amide bonds. The van der Waals surface area contributed by atoms with Gasteiger partial charge >= 0.3 is 10.4 Å². The maximum Gasteiger partial charge on any atom is 0.394 e. The summed E-state index contributed by atoms with van der Waals surface area (Å²) >= 11 is 0. The first-order valence-corrected chi connectivity index (χ1v) is 4.16. The van der Waals surface area contributed by atoms with E-state index in [2.05, 4.69) is 0 Å². The molecule has 0 bridgehead atoms. The van der Waals surface area contributed by atoms with E-state index in [1.165, 1.54) is 0 Å². The average Bonchev–Trinajstić information content (AvgIpc) is 1.58. The van der Waals surface area contributed by atoms with E-state index in [1.54, 1.807) is 6.92 Å². The highest BCUT2D eigenvalue weighted by molar-refractivity contribution is 7.79. The van der Waals surface area contributed by atoms with E-state index in [1.807, 2.05) is 0 Å². The van der Waals surface area contributed by atoms with Gasteiger partial charge in [-0.1, -0.05) is 0 Å².